The van der Waals surface area contributed by atoms with Gasteiger partial charge in [-0.15, -0.1) is 11.8 Å². The molecule has 0 aliphatic carbocycles. The van der Waals surface area contributed by atoms with Crippen LogP contribution in [0.2, 0.25) is 0 Å². The number of thioether (sulfide) groups is 1. The molecule has 2 atom stereocenters. The van der Waals surface area contributed by atoms with Gasteiger partial charge in [-0.25, -0.2) is 8.78 Å². The fraction of sp³-hybridized carbons (Fsp3) is 0.250. The minimum Gasteiger partial charge on any atom is -0.327 e. The monoisotopic (exact) mass is 293 g/mol. The van der Waals surface area contributed by atoms with E-state index in [4.69, 9.17) is 5.73 Å². The molecule has 0 fully saturated rings. The van der Waals surface area contributed by atoms with Crippen LogP contribution in [0.1, 0.15) is 23.3 Å². The minimum atomic E-state index is -0.831. The number of benzene rings is 2. The van der Waals surface area contributed by atoms with Gasteiger partial charge >= 0.3 is 0 Å². The molecule has 1 nitrogen and oxygen atoms in total. The molecule has 0 bridgehead atoms. The molecule has 4 heteroatoms. The van der Waals surface area contributed by atoms with Crippen LogP contribution < -0.4 is 5.73 Å². The van der Waals surface area contributed by atoms with E-state index in [1.54, 1.807) is 6.07 Å². The topological polar surface area (TPSA) is 26.0 Å². The van der Waals surface area contributed by atoms with Gasteiger partial charge in [-0.2, -0.15) is 0 Å². The molecule has 0 saturated carbocycles. The Balaban J connectivity index is 2.28. The molecule has 20 heavy (non-hydrogen) atoms. The molecule has 0 spiro atoms. The number of rotatable bonds is 4. The van der Waals surface area contributed by atoms with Crippen molar-refractivity contribution in [2.24, 2.45) is 5.73 Å². The molecule has 2 aromatic carbocycles. The van der Waals surface area contributed by atoms with E-state index in [-0.39, 0.29) is 11.3 Å². The molecule has 106 valence electrons. The number of aryl methyl sites for hydroxylation is 1. The summed E-state index contributed by atoms with van der Waals surface area (Å²) < 4.78 is 26.2. The van der Waals surface area contributed by atoms with Gasteiger partial charge in [0.1, 0.15) is 0 Å². The van der Waals surface area contributed by atoms with Gasteiger partial charge in [0.05, 0.1) is 0 Å². The van der Waals surface area contributed by atoms with Crippen molar-refractivity contribution in [3.63, 3.8) is 0 Å². The van der Waals surface area contributed by atoms with E-state index >= 15 is 0 Å². The highest BCUT2D eigenvalue weighted by Gasteiger charge is 2.18. The molecule has 0 radical (unpaired) electrons. The lowest BCUT2D eigenvalue weighted by molar-refractivity contribution is 0.506. The zero-order chi connectivity index (χ0) is 14.7. The van der Waals surface area contributed by atoms with Gasteiger partial charge in [0.2, 0.25) is 0 Å². The minimum absolute atomic E-state index is 0.000221. The van der Waals surface area contributed by atoms with Crippen LogP contribution in [0.5, 0.6) is 0 Å². The second kappa shape index (κ2) is 6.37. The average Bonchev–Trinajstić information content (AvgIpc) is 2.39. The van der Waals surface area contributed by atoms with Crippen LogP contribution in [0.4, 0.5) is 8.78 Å². The smallest absolute Gasteiger partial charge is 0.159 e. The number of hydrogen-bond donors (Lipinski definition) is 1. The maximum absolute atomic E-state index is 13.3. The van der Waals surface area contributed by atoms with Crippen LogP contribution in [0, 0.1) is 18.6 Å². The van der Waals surface area contributed by atoms with E-state index < -0.39 is 11.6 Å². The SMILES string of the molecule is Cc1cccc(C(Sc2ccc(F)c(F)c2)C(C)N)c1. The van der Waals surface area contributed by atoms with Crippen molar-refractivity contribution >= 4 is 11.8 Å². The third-order valence-corrected chi connectivity index (χ3v) is 4.48. The van der Waals surface area contributed by atoms with Crippen LogP contribution in [-0.2, 0) is 0 Å². The van der Waals surface area contributed by atoms with E-state index in [1.807, 2.05) is 32.0 Å². The van der Waals surface area contributed by atoms with Crippen molar-refractivity contribution in [1.29, 1.82) is 0 Å². The van der Waals surface area contributed by atoms with E-state index in [0.717, 1.165) is 17.2 Å². The first-order valence-corrected chi connectivity index (χ1v) is 7.29. The first-order chi connectivity index (χ1) is 9.47. The summed E-state index contributed by atoms with van der Waals surface area (Å²) >= 11 is 1.45. The van der Waals surface area contributed by atoms with Gasteiger partial charge in [-0.1, -0.05) is 29.8 Å². The van der Waals surface area contributed by atoms with Gasteiger partial charge in [-0.05, 0) is 37.6 Å². The molecule has 0 heterocycles. The molecule has 2 aromatic rings. The lowest BCUT2D eigenvalue weighted by atomic mass is 10.0. The Labute approximate surface area is 122 Å². The van der Waals surface area contributed by atoms with E-state index in [9.17, 15) is 8.78 Å². The Bertz CT molecular complexity index is 599. The summed E-state index contributed by atoms with van der Waals surface area (Å²) in [6.07, 6.45) is 0. The summed E-state index contributed by atoms with van der Waals surface area (Å²) in [6.45, 7) is 3.93. The van der Waals surface area contributed by atoms with Gasteiger partial charge in [-0.3, -0.25) is 0 Å². The average molecular weight is 293 g/mol. The highest BCUT2D eigenvalue weighted by atomic mass is 32.2. The van der Waals surface area contributed by atoms with Crippen molar-refractivity contribution in [2.75, 3.05) is 0 Å². The second-order valence-electron chi connectivity index (χ2n) is 4.89. The molecule has 2 rings (SSSR count). The Morgan fingerprint density at radius 1 is 1.05 bits per heavy atom. The van der Waals surface area contributed by atoms with E-state index in [2.05, 4.69) is 6.07 Å². The van der Waals surface area contributed by atoms with Crippen LogP contribution in [0.3, 0.4) is 0 Å². The molecular formula is C16H17F2NS. The Morgan fingerprint density at radius 3 is 2.40 bits per heavy atom. The Hall–Kier alpha value is -1.39. The van der Waals surface area contributed by atoms with Gasteiger partial charge < -0.3 is 5.73 Å². The molecule has 0 aliphatic heterocycles. The molecule has 0 saturated heterocycles. The number of halogens is 2. The summed E-state index contributed by atoms with van der Waals surface area (Å²) in [5, 5.41) is -0.000221. The van der Waals surface area contributed by atoms with E-state index in [1.165, 1.54) is 17.8 Å². The van der Waals surface area contributed by atoms with Crippen LogP contribution in [0.15, 0.2) is 47.4 Å². The van der Waals surface area contributed by atoms with E-state index in [0.29, 0.717) is 4.90 Å². The molecule has 0 amide bonds. The van der Waals surface area contributed by atoms with Crippen molar-refractivity contribution in [1.82, 2.24) is 0 Å². The molecule has 2 N–H and O–H groups in total. The maximum Gasteiger partial charge on any atom is 0.159 e. The molecule has 2 unspecified atom stereocenters. The predicted octanol–water partition coefficient (Wildman–Crippen LogP) is 4.45. The van der Waals surface area contributed by atoms with Crippen LogP contribution in [0.25, 0.3) is 0 Å². The summed E-state index contributed by atoms with van der Waals surface area (Å²) in [4.78, 5) is 0.674. The molecular weight excluding hydrogens is 276 g/mol. The van der Waals surface area contributed by atoms with Crippen molar-refractivity contribution in [3.8, 4) is 0 Å². The lowest BCUT2D eigenvalue weighted by Crippen LogP contribution is -2.22. The fourth-order valence-electron chi connectivity index (χ4n) is 2.02. The molecule has 0 aliphatic rings. The number of nitrogens with two attached hydrogens (primary N) is 1. The Morgan fingerprint density at radius 2 is 1.80 bits per heavy atom. The lowest BCUT2D eigenvalue weighted by Gasteiger charge is -2.21. The maximum atomic E-state index is 13.3. The first kappa shape index (κ1) is 15.0. The standard InChI is InChI=1S/C16H17F2NS/c1-10-4-3-5-12(8-10)16(11(2)19)20-13-6-7-14(17)15(18)9-13/h3-9,11,16H,19H2,1-2H3. The molecule has 0 aromatic heterocycles. The van der Waals surface area contributed by atoms with Crippen molar-refractivity contribution < 1.29 is 8.78 Å². The first-order valence-electron chi connectivity index (χ1n) is 6.41. The zero-order valence-electron chi connectivity index (χ0n) is 11.4. The number of hydrogen-bond acceptors (Lipinski definition) is 2. The second-order valence-corrected chi connectivity index (χ2v) is 6.10. The van der Waals surface area contributed by atoms with Crippen molar-refractivity contribution in [3.05, 3.63) is 65.2 Å². The van der Waals surface area contributed by atoms with Gasteiger partial charge in [0.25, 0.3) is 0 Å². The summed E-state index contributed by atoms with van der Waals surface area (Å²) in [5.41, 5.74) is 8.29. The largest absolute Gasteiger partial charge is 0.327 e. The summed E-state index contributed by atoms with van der Waals surface area (Å²) in [5.74, 6) is -1.66. The quantitative estimate of drug-likeness (QED) is 0.843. The zero-order valence-corrected chi connectivity index (χ0v) is 12.3. The predicted molar refractivity (Wildman–Crippen MR) is 79.8 cm³/mol. The highest BCUT2D eigenvalue weighted by molar-refractivity contribution is 7.99. The summed E-state index contributed by atoms with van der Waals surface area (Å²) in [7, 11) is 0. The van der Waals surface area contributed by atoms with Crippen LogP contribution >= 0.6 is 11.8 Å². The van der Waals surface area contributed by atoms with Gasteiger partial charge in [0.15, 0.2) is 11.6 Å². The third-order valence-electron chi connectivity index (χ3n) is 3.00. The van der Waals surface area contributed by atoms with Crippen molar-refractivity contribution in [2.45, 2.75) is 30.0 Å². The highest BCUT2D eigenvalue weighted by Crippen LogP contribution is 2.37. The third kappa shape index (κ3) is 3.58. The summed E-state index contributed by atoms with van der Waals surface area (Å²) in [6, 6.07) is 11.9. The normalized spacial score (nSPS) is 14.1. The Kier molecular flexibility index (Phi) is 4.78. The fourth-order valence-corrected chi connectivity index (χ4v) is 3.13. The van der Waals surface area contributed by atoms with Crippen LogP contribution in [-0.4, -0.2) is 6.04 Å². The van der Waals surface area contributed by atoms with Gasteiger partial charge in [0, 0.05) is 16.2 Å².